The molecule has 2 aromatic carbocycles. The van der Waals surface area contributed by atoms with Crippen LogP contribution < -0.4 is 15.2 Å². The molecular weight excluding hydrogens is 443 g/mol. The minimum absolute atomic E-state index is 0.104. The van der Waals surface area contributed by atoms with Gasteiger partial charge in [-0.2, -0.15) is 13.2 Å². The van der Waals surface area contributed by atoms with Crippen LogP contribution in [0.4, 0.5) is 13.2 Å². The van der Waals surface area contributed by atoms with Crippen molar-refractivity contribution in [1.82, 2.24) is 10.2 Å². The number of nitrogens with zero attached hydrogens (tertiary/aromatic N) is 2. The highest BCUT2D eigenvalue weighted by atomic mass is 32.1. The zero-order valence-corrected chi connectivity index (χ0v) is 18.4. The van der Waals surface area contributed by atoms with E-state index in [0.717, 1.165) is 17.4 Å². The molecule has 1 heterocycles. The average molecular weight is 468 g/mol. The molecule has 3 rings (SSSR count). The van der Waals surface area contributed by atoms with Crippen molar-refractivity contribution in [3.63, 3.8) is 0 Å². The van der Waals surface area contributed by atoms with Gasteiger partial charge in [0.1, 0.15) is 33.9 Å². The molecule has 6 nitrogen and oxygen atoms in total. The van der Waals surface area contributed by atoms with Crippen molar-refractivity contribution in [2.24, 2.45) is 5.73 Å². The molecule has 0 saturated heterocycles. The highest BCUT2D eigenvalue weighted by Gasteiger charge is 2.35. The lowest BCUT2D eigenvalue weighted by atomic mass is 10.1. The van der Waals surface area contributed by atoms with Gasteiger partial charge in [-0.3, -0.25) is 0 Å². The Morgan fingerprint density at radius 1 is 1.12 bits per heavy atom. The van der Waals surface area contributed by atoms with Gasteiger partial charge < -0.3 is 20.3 Å². The Kier molecular flexibility index (Phi) is 9.63. The molecule has 172 valence electrons. The van der Waals surface area contributed by atoms with Gasteiger partial charge in [-0.15, -0.1) is 10.2 Å². The zero-order valence-electron chi connectivity index (χ0n) is 17.6. The Hall–Kier alpha value is -2.95. The number of aliphatic hydroxyl groups excluding tert-OH is 1. The number of hydrogen-bond acceptors (Lipinski definition) is 7. The summed E-state index contributed by atoms with van der Waals surface area (Å²) >= 11 is 1.14. The van der Waals surface area contributed by atoms with Crippen LogP contribution >= 0.6 is 11.3 Å². The number of para-hydroxylation sites is 1. The van der Waals surface area contributed by atoms with E-state index in [9.17, 15) is 13.2 Å². The fraction of sp³-hybridized carbons (Fsp3) is 0.273. The number of aliphatic hydroxyl groups is 1. The van der Waals surface area contributed by atoms with Gasteiger partial charge in [-0.05, 0) is 50.4 Å². The molecule has 0 amide bonds. The van der Waals surface area contributed by atoms with E-state index in [0.29, 0.717) is 27.9 Å². The third-order valence-corrected chi connectivity index (χ3v) is 5.04. The summed E-state index contributed by atoms with van der Waals surface area (Å²) in [6, 6.07) is 12.7. The van der Waals surface area contributed by atoms with E-state index in [4.69, 9.17) is 14.6 Å². The zero-order chi connectivity index (χ0) is 23.6. The van der Waals surface area contributed by atoms with Gasteiger partial charge in [0, 0.05) is 18.6 Å². The Morgan fingerprint density at radius 2 is 1.84 bits per heavy atom. The lowest BCUT2D eigenvalue weighted by Crippen LogP contribution is -2.12. The summed E-state index contributed by atoms with van der Waals surface area (Å²) in [7, 11) is 1.50. The van der Waals surface area contributed by atoms with Crippen LogP contribution in [0.15, 0.2) is 60.4 Å². The summed E-state index contributed by atoms with van der Waals surface area (Å²) in [5.41, 5.74) is 3.87. The van der Waals surface area contributed by atoms with Gasteiger partial charge in [0.25, 0.3) is 0 Å². The van der Waals surface area contributed by atoms with E-state index in [2.05, 4.69) is 15.9 Å². The van der Waals surface area contributed by atoms with Crippen molar-refractivity contribution in [3.05, 3.63) is 70.9 Å². The Balaban J connectivity index is 0.00000176. The SMILES string of the molecule is C/C=C(/COc1ccc(-c2nnc(CCO)s2)cc1C(F)(F)F)Oc1ccccc1.CN. The molecule has 0 atom stereocenters. The van der Waals surface area contributed by atoms with Gasteiger partial charge in [0.15, 0.2) is 0 Å². The van der Waals surface area contributed by atoms with Crippen LogP contribution in [0.2, 0.25) is 0 Å². The second kappa shape index (κ2) is 12.2. The minimum Gasteiger partial charge on any atom is -0.485 e. The predicted octanol–water partition coefficient (Wildman–Crippen LogP) is 4.70. The van der Waals surface area contributed by atoms with E-state index in [1.807, 2.05) is 6.07 Å². The molecule has 0 unspecified atom stereocenters. The third kappa shape index (κ3) is 7.04. The fourth-order valence-corrected chi connectivity index (χ4v) is 3.36. The Morgan fingerprint density at radius 3 is 2.47 bits per heavy atom. The van der Waals surface area contributed by atoms with E-state index in [1.165, 1.54) is 19.2 Å². The van der Waals surface area contributed by atoms with Crippen LogP contribution in [0.5, 0.6) is 11.5 Å². The van der Waals surface area contributed by atoms with Gasteiger partial charge >= 0.3 is 6.18 Å². The third-order valence-electron chi connectivity index (χ3n) is 4.01. The number of ether oxygens (including phenoxy) is 2. The molecule has 0 aliphatic carbocycles. The molecule has 1 aromatic heterocycles. The molecule has 0 fully saturated rings. The summed E-state index contributed by atoms with van der Waals surface area (Å²) in [5, 5.41) is 17.7. The second-order valence-corrected chi connectivity index (χ2v) is 7.20. The van der Waals surface area contributed by atoms with Crippen LogP contribution in [0.1, 0.15) is 17.5 Å². The molecule has 0 bridgehead atoms. The molecular formula is C22H24F3N3O3S. The molecule has 0 saturated carbocycles. The lowest BCUT2D eigenvalue weighted by Gasteiger charge is -2.16. The molecule has 3 aromatic rings. The Labute approximate surface area is 188 Å². The number of allylic oxidation sites excluding steroid dienone is 1. The predicted molar refractivity (Wildman–Crippen MR) is 118 cm³/mol. The highest BCUT2D eigenvalue weighted by Crippen LogP contribution is 2.39. The van der Waals surface area contributed by atoms with E-state index < -0.39 is 11.7 Å². The van der Waals surface area contributed by atoms with Crippen LogP contribution in [-0.4, -0.2) is 35.6 Å². The van der Waals surface area contributed by atoms with E-state index >= 15 is 0 Å². The summed E-state index contributed by atoms with van der Waals surface area (Å²) in [4.78, 5) is 0. The average Bonchev–Trinajstić information content (AvgIpc) is 3.27. The number of rotatable bonds is 8. The number of benzene rings is 2. The second-order valence-electron chi connectivity index (χ2n) is 6.14. The number of aromatic nitrogens is 2. The van der Waals surface area contributed by atoms with Crippen LogP contribution in [-0.2, 0) is 12.6 Å². The molecule has 3 N–H and O–H groups in total. The molecule has 0 spiro atoms. The number of alkyl halides is 3. The number of hydrogen-bond donors (Lipinski definition) is 2. The molecule has 0 aliphatic heterocycles. The highest BCUT2D eigenvalue weighted by molar-refractivity contribution is 7.14. The quantitative estimate of drug-likeness (QED) is 0.467. The molecule has 0 aliphatic rings. The fourth-order valence-electron chi connectivity index (χ4n) is 2.54. The minimum atomic E-state index is -4.61. The smallest absolute Gasteiger partial charge is 0.419 e. The van der Waals surface area contributed by atoms with Gasteiger partial charge in [0.05, 0.1) is 5.56 Å². The normalized spacial score (nSPS) is 11.5. The topological polar surface area (TPSA) is 90.5 Å². The first-order chi connectivity index (χ1) is 15.4. The van der Waals surface area contributed by atoms with Gasteiger partial charge in [-0.25, -0.2) is 0 Å². The largest absolute Gasteiger partial charge is 0.485 e. The summed E-state index contributed by atoms with van der Waals surface area (Å²) in [6.07, 6.45) is -2.67. The first kappa shape index (κ1) is 25.3. The van der Waals surface area contributed by atoms with Crippen molar-refractivity contribution in [2.45, 2.75) is 19.5 Å². The summed E-state index contributed by atoms with van der Waals surface area (Å²) < 4.78 is 52.0. The van der Waals surface area contributed by atoms with Crippen molar-refractivity contribution < 1.29 is 27.8 Å². The standard InChI is InChI=1S/C21H19F3N2O3S.CH5N/c1-2-15(29-16-6-4-3-5-7-16)13-28-18-9-8-14(12-17(18)21(22,23)24)20-26-25-19(30-20)10-11-27;1-2/h2-9,12,27H,10-11,13H2,1H3;2H2,1H3/b15-2-;. The van der Waals surface area contributed by atoms with Crippen LogP contribution in [0.25, 0.3) is 10.6 Å². The van der Waals surface area contributed by atoms with Crippen LogP contribution in [0, 0.1) is 0 Å². The Bertz CT molecular complexity index is 1010. The molecule has 0 radical (unpaired) electrons. The number of halogens is 3. The molecule has 32 heavy (non-hydrogen) atoms. The number of nitrogens with two attached hydrogens (primary N) is 1. The van der Waals surface area contributed by atoms with Crippen LogP contribution in [0.3, 0.4) is 0 Å². The maximum atomic E-state index is 13.6. The maximum Gasteiger partial charge on any atom is 0.419 e. The lowest BCUT2D eigenvalue weighted by molar-refractivity contribution is -0.138. The van der Waals surface area contributed by atoms with Gasteiger partial charge in [-0.1, -0.05) is 29.5 Å². The summed E-state index contributed by atoms with van der Waals surface area (Å²) in [5.74, 6) is 0.647. The first-order valence-electron chi connectivity index (χ1n) is 9.64. The van der Waals surface area contributed by atoms with Crippen molar-refractivity contribution in [1.29, 1.82) is 0 Å². The maximum absolute atomic E-state index is 13.6. The molecule has 10 heteroatoms. The van der Waals surface area contributed by atoms with Crippen molar-refractivity contribution >= 4 is 11.3 Å². The monoisotopic (exact) mass is 467 g/mol. The van der Waals surface area contributed by atoms with E-state index in [-0.39, 0.29) is 24.5 Å². The van der Waals surface area contributed by atoms with Crippen molar-refractivity contribution in [3.8, 4) is 22.1 Å². The van der Waals surface area contributed by atoms with E-state index in [1.54, 1.807) is 37.3 Å². The summed E-state index contributed by atoms with van der Waals surface area (Å²) in [6.45, 7) is 1.45. The van der Waals surface area contributed by atoms with Gasteiger partial charge in [0.2, 0.25) is 0 Å². The van der Waals surface area contributed by atoms with Crippen molar-refractivity contribution in [2.75, 3.05) is 20.3 Å². The first-order valence-corrected chi connectivity index (χ1v) is 10.5.